The van der Waals surface area contributed by atoms with E-state index in [4.69, 9.17) is 5.73 Å². The van der Waals surface area contributed by atoms with Crippen LogP contribution in [0.4, 0.5) is 0 Å². The van der Waals surface area contributed by atoms with Crippen molar-refractivity contribution >= 4 is 30.1 Å². The molecular formula is C20H25ClN2OS. The molecule has 1 saturated carbocycles. The minimum Gasteiger partial charge on any atom is -0.349 e. The van der Waals surface area contributed by atoms with E-state index in [0.29, 0.717) is 6.04 Å². The summed E-state index contributed by atoms with van der Waals surface area (Å²) in [5.74, 6) is 0.962. The molecule has 1 amide bonds. The molecular weight excluding hydrogens is 352 g/mol. The van der Waals surface area contributed by atoms with Crippen LogP contribution in [0.2, 0.25) is 0 Å². The maximum absolute atomic E-state index is 12.3. The normalized spacial score (nSPS) is 19.7. The van der Waals surface area contributed by atoms with Crippen LogP contribution in [0.3, 0.4) is 0 Å². The van der Waals surface area contributed by atoms with Gasteiger partial charge in [0.05, 0.1) is 0 Å². The molecule has 0 radical (unpaired) electrons. The van der Waals surface area contributed by atoms with Crippen LogP contribution in [0.15, 0.2) is 59.5 Å². The van der Waals surface area contributed by atoms with Gasteiger partial charge in [0.15, 0.2) is 0 Å². The molecule has 25 heavy (non-hydrogen) atoms. The first-order valence-electron chi connectivity index (χ1n) is 8.54. The lowest BCUT2D eigenvalue weighted by molar-refractivity contribution is 0.0926. The number of hydrogen-bond acceptors (Lipinski definition) is 3. The van der Waals surface area contributed by atoms with Gasteiger partial charge >= 0.3 is 0 Å². The van der Waals surface area contributed by atoms with Crippen molar-refractivity contribution in [2.75, 3.05) is 0 Å². The van der Waals surface area contributed by atoms with E-state index in [0.717, 1.165) is 37.0 Å². The fourth-order valence-corrected chi connectivity index (χ4v) is 3.83. The first-order valence-corrected chi connectivity index (χ1v) is 9.52. The van der Waals surface area contributed by atoms with E-state index in [1.165, 1.54) is 10.5 Å². The molecule has 3 N–H and O–H groups in total. The molecule has 3 nitrogen and oxygen atoms in total. The van der Waals surface area contributed by atoms with Gasteiger partial charge in [0.1, 0.15) is 0 Å². The quantitative estimate of drug-likeness (QED) is 0.760. The van der Waals surface area contributed by atoms with Crippen molar-refractivity contribution in [3.63, 3.8) is 0 Å². The molecule has 0 bridgehead atoms. The molecule has 2 aromatic rings. The van der Waals surface area contributed by atoms with Crippen molar-refractivity contribution in [2.24, 2.45) is 5.73 Å². The fourth-order valence-electron chi connectivity index (χ4n) is 2.98. The van der Waals surface area contributed by atoms with E-state index < -0.39 is 0 Å². The zero-order chi connectivity index (χ0) is 16.8. The number of rotatable bonds is 5. The zero-order valence-electron chi connectivity index (χ0n) is 14.2. The number of carbonyl (C=O) groups is 1. The van der Waals surface area contributed by atoms with Gasteiger partial charge in [0, 0.05) is 28.3 Å². The van der Waals surface area contributed by atoms with E-state index in [9.17, 15) is 4.79 Å². The van der Waals surface area contributed by atoms with E-state index in [1.54, 1.807) is 11.8 Å². The molecule has 5 heteroatoms. The summed E-state index contributed by atoms with van der Waals surface area (Å²) in [6.07, 6.45) is 3.97. The summed E-state index contributed by atoms with van der Waals surface area (Å²) in [6, 6.07) is 18.9. The number of thioether (sulfide) groups is 1. The van der Waals surface area contributed by atoms with Crippen LogP contribution in [0, 0.1) is 0 Å². The highest BCUT2D eigenvalue weighted by atomic mass is 35.5. The summed E-state index contributed by atoms with van der Waals surface area (Å²) in [7, 11) is 0. The molecule has 1 aliphatic rings. The number of nitrogens with two attached hydrogens (primary N) is 1. The minimum atomic E-state index is 0. The van der Waals surface area contributed by atoms with Gasteiger partial charge in [-0.15, -0.1) is 24.2 Å². The number of amides is 1. The predicted octanol–water partition coefficient (Wildman–Crippen LogP) is 4.40. The van der Waals surface area contributed by atoms with Gasteiger partial charge in [-0.05, 0) is 55.5 Å². The molecule has 0 atom stereocenters. The van der Waals surface area contributed by atoms with Crippen molar-refractivity contribution in [2.45, 2.75) is 48.4 Å². The monoisotopic (exact) mass is 376 g/mol. The minimum absolute atomic E-state index is 0. The van der Waals surface area contributed by atoms with Crippen LogP contribution in [0.5, 0.6) is 0 Å². The Morgan fingerprint density at radius 3 is 2.28 bits per heavy atom. The van der Waals surface area contributed by atoms with Crippen LogP contribution in [-0.2, 0) is 5.75 Å². The van der Waals surface area contributed by atoms with Crippen molar-refractivity contribution in [3.05, 3.63) is 65.7 Å². The number of halogens is 1. The summed E-state index contributed by atoms with van der Waals surface area (Å²) < 4.78 is 0. The van der Waals surface area contributed by atoms with Crippen molar-refractivity contribution in [1.82, 2.24) is 5.32 Å². The number of nitrogens with one attached hydrogen (secondary N) is 1. The Kier molecular flexibility index (Phi) is 7.82. The highest BCUT2D eigenvalue weighted by molar-refractivity contribution is 7.98. The molecule has 0 aliphatic heterocycles. The average Bonchev–Trinajstić information content (AvgIpc) is 2.63. The van der Waals surface area contributed by atoms with Gasteiger partial charge in [-0.25, -0.2) is 0 Å². The maximum atomic E-state index is 12.3. The van der Waals surface area contributed by atoms with Crippen LogP contribution in [-0.4, -0.2) is 18.0 Å². The highest BCUT2D eigenvalue weighted by Gasteiger charge is 2.20. The van der Waals surface area contributed by atoms with Gasteiger partial charge in [-0.3, -0.25) is 4.79 Å². The SMILES string of the molecule is Cl.NC1CCC(NC(=O)c2ccc(SCc3ccccc3)cc2)CC1. The summed E-state index contributed by atoms with van der Waals surface area (Å²) >= 11 is 1.78. The zero-order valence-corrected chi connectivity index (χ0v) is 15.8. The van der Waals surface area contributed by atoms with Gasteiger partial charge < -0.3 is 11.1 Å². The van der Waals surface area contributed by atoms with E-state index >= 15 is 0 Å². The predicted molar refractivity (Wildman–Crippen MR) is 107 cm³/mol. The van der Waals surface area contributed by atoms with E-state index in [-0.39, 0.29) is 24.4 Å². The first-order chi connectivity index (χ1) is 11.7. The number of benzene rings is 2. The van der Waals surface area contributed by atoms with Crippen LogP contribution in [0.1, 0.15) is 41.6 Å². The smallest absolute Gasteiger partial charge is 0.251 e. The molecule has 1 fully saturated rings. The molecule has 0 saturated heterocycles. The Morgan fingerprint density at radius 2 is 1.64 bits per heavy atom. The molecule has 3 rings (SSSR count). The highest BCUT2D eigenvalue weighted by Crippen LogP contribution is 2.23. The molecule has 2 aromatic carbocycles. The Morgan fingerprint density at radius 1 is 1.00 bits per heavy atom. The van der Waals surface area contributed by atoms with Gasteiger partial charge in [0.2, 0.25) is 0 Å². The Labute approximate surface area is 160 Å². The molecule has 0 unspecified atom stereocenters. The van der Waals surface area contributed by atoms with Crippen molar-refractivity contribution in [1.29, 1.82) is 0 Å². The summed E-state index contributed by atoms with van der Waals surface area (Å²) in [6.45, 7) is 0. The lowest BCUT2D eigenvalue weighted by atomic mass is 9.91. The number of carbonyl (C=O) groups excluding carboxylic acids is 1. The first kappa shape index (κ1) is 19.8. The second-order valence-electron chi connectivity index (χ2n) is 6.38. The molecule has 134 valence electrons. The summed E-state index contributed by atoms with van der Waals surface area (Å²) in [5.41, 5.74) is 7.95. The van der Waals surface area contributed by atoms with Crippen LogP contribution < -0.4 is 11.1 Å². The second kappa shape index (κ2) is 9.85. The fraction of sp³-hybridized carbons (Fsp3) is 0.350. The lowest BCUT2D eigenvalue weighted by Crippen LogP contribution is -2.40. The Balaban J connectivity index is 0.00000225. The third-order valence-electron chi connectivity index (χ3n) is 4.47. The number of hydrogen-bond donors (Lipinski definition) is 2. The largest absolute Gasteiger partial charge is 0.349 e. The topological polar surface area (TPSA) is 55.1 Å². The van der Waals surface area contributed by atoms with Crippen molar-refractivity contribution in [3.8, 4) is 0 Å². The van der Waals surface area contributed by atoms with E-state index in [2.05, 4.69) is 29.6 Å². The second-order valence-corrected chi connectivity index (χ2v) is 7.43. The Bertz CT molecular complexity index is 655. The maximum Gasteiger partial charge on any atom is 0.251 e. The third-order valence-corrected chi connectivity index (χ3v) is 5.56. The average molecular weight is 377 g/mol. The summed E-state index contributed by atoms with van der Waals surface area (Å²) in [5, 5.41) is 3.13. The van der Waals surface area contributed by atoms with Gasteiger partial charge in [-0.1, -0.05) is 30.3 Å². The van der Waals surface area contributed by atoms with Crippen molar-refractivity contribution < 1.29 is 4.79 Å². The van der Waals surface area contributed by atoms with Crippen LogP contribution >= 0.6 is 24.2 Å². The third kappa shape index (κ3) is 6.07. The molecule has 1 aliphatic carbocycles. The van der Waals surface area contributed by atoms with Gasteiger partial charge in [-0.2, -0.15) is 0 Å². The molecule has 0 spiro atoms. The van der Waals surface area contributed by atoms with Crippen LogP contribution in [0.25, 0.3) is 0 Å². The lowest BCUT2D eigenvalue weighted by Gasteiger charge is -2.26. The molecule has 0 aromatic heterocycles. The van der Waals surface area contributed by atoms with Gasteiger partial charge in [0.25, 0.3) is 5.91 Å². The standard InChI is InChI=1S/C20H24N2OS.ClH/c21-17-8-10-18(11-9-17)22-20(23)16-6-12-19(13-7-16)24-14-15-4-2-1-3-5-15;/h1-7,12-13,17-18H,8-11,14,21H2,(H,22,23);1H. The van der Waals surface area contributed by atoms with E-state index in [1.807, 2.05) is 30.3 Å². The molecule has 0 heterocycles. The summed E-state index contributed by atoms with van der Waals surface area (Å²) in [4.78, 5) is 13.5. The Hall–Kier alpha value is -1.49.